The molecule has 162 valence electrons. The molecule has 0 aliphatic rings. The normalized spacial score (nSPS) is 11.5. The molecule has 0 N–H and O–H groups in total. The van der Waals surface area contributed by atoms with Crippen LogP contribution < -0.4 is 0 Å². The van der Waals surface area contributed by atoms with Crippen LogP contribution >= 0.6 is 11.8 Å². The van der Waals surface area contributed by atoms with Crippen molar-refractivity contribution in [1.29, 1.82) is 0 Å². The zero-order valence-electron chi connectivity index (χ0n) is 16.9. The number of aromatic nitrogens is 4. The highest BCUT2D eigenvalue weighted by atomic mass is 32.2. The molecule has 0 aliphatic carbocycles. The van der Waals surface area contributed by atoms with Gasteiger partial charge in [0.25, 0.3) is 0 Å². The second-order valence-electron chi connectivity index (χ2n) is 7.01. The summed E-state index contributed by atoms with van der Waals surface area (Å²) in [5, 5.41) is 8.64. The minimum atomic E-state index is -4.49. The number of nitrogens with zero attached hydrogens (tertiary/aromatic N) is 4. The number of halogens is 3. The predicted molar refractivity (Wildman–Crippen MR) is 116 cm³/mol. The summed E-state index contributed by atoms with van der Waals surface area (Å²) in [4.78, 5) is 16.7. The minimum Gasteiger partial charge on any atom is -0.293 e. The number of rotatable bonds is 6. The molecular weight excluding hydrogens is 437 g/mol. The Morgan fingerprint density at radius 1 is 1.03 bits per heavy atom. The van der Waals surface area contributed by atoms with E-state index in [1.807, 2.05) is 19.1 Å². The van der Waals surface area contributed by atoms with Crippen molar-refractivity contribution in [3.8, 4) is 17.1 Å². The fraction of sp³-hybridized carbons (Fsp3) is 0.130. The van der Waals surface area contributed by atoms with E-state index in [4.69, 9.17) is 0 Å². The molecule has 0 saturated heterocycles. The van der Waals surface area contributed by atoms with Gasteiger partial charge in [0, 0.05) is 23.5 Å². The van der Waals surface area contributed by atoms with Crippen LogP contribution in [0.5, 0.6) is 0 Å². The highest BCUT2D eigenvalue weighted by Gasteiger charge is 2.31. The number of Topliss-reactive ketones (excluding diaryl/α,β-unsaturated/α-hetero) is 1. The molecule has 4 aromatic rings. The van der Waals surface area contributed by atoms with E-state index in [1.54, 1.807) is 42.7 Å². The second-order valence-corrected chi connectivity index (χ2v) is 7.95. The summed E-state index contributed by atoms with van der Waals surface area (Å²) in [5.74, 6) is 0.284. The van der Waals surface area contributed by atoms with Gasteiger partial charge in [-0.1, -0.05) is 47.7 Å². The zero-order valence-corrected chi connectivity index (χ0v) is 17.7. The fourth-order valence-corrected chi connectivity index (χ4v) is 3.90. The summed E-state index contributed by atoms with van der Waals surface area (Å²) in [6.45, 7) is 1.93. The minimum absolute atomic E-state index is 0.0627. The van der Waals surface area contributed by atoms with Crippen molar-refractivity contribution in [3.05, 3.63) is 89.7 Å². The number of pyridine rings is 1. The lowest BCUT2D eigenvalue weighted by molar-refractivity contribution is -0.137. The van der Waals surface area contributed by atoms with Crippen LogP contribution in [-0.2, 0) is 6.18 Å². The van der Waals surface area contributed by atoms with Crippen molar-refractivity contribution in [1.82, 2.24) is 19.7 Å². The first-order valence-electron chi connectivity index (χ1n) is 9.59. The zero-order chi connectivity index (χ0) is 22.7. The molecule has 4 rings (SSSR count). The number of aryl methyl sites for hydroxylation is 1. The van der Waals surface area contributed by atoms with Gasteiger partial charge in [-0.2, -0.15) is 13.2 Å². The molecule has 5 nitrogen and oxygen atoms in total. The molecule has 32 heavy (non-hydrogen) atoms. The Kier molecular flexibility index (Phi) is 6.09. The molecule has 0 saturated carbocycles. The molecule has 2 aromatic carbocycles. The number of benzene rings is 2. The average Bonchev–Trinajstić information content (AvgIpc) is 3.22. The maximum Gasteiger partial charge on any atom is 0.416 e. The van der Waals surface area contributed by atoms with Crippen molar-refractivity contribution in [2.45, 2.75) is 18.3 Å². The summed E-state index contributed by atoms with van der Waals surface area (Å²) in [6.07, 6.45) is -1.35. The topological polar surface area (TPSA) is 60.7 Å². The number of hydrogen-bond donors (Lipinski definition) is 0. The molecule has 0 radical (unpaired) electrons. The Morgan fingerprint density at radius 2 is 1.81 bits per heavy atom. The summed E-state index contributed by atoms with van der Waals surface area (Å²) in [6, 6.07) is 15.6. The van der Waals surface area contributed by atoms with Crippen LogP contribution in [0, 0.1) is 6.92 Å². The van der Waals surface area contributed by atoms with Crippen LogP contribution in [0.2, 0.25) is 0 Å². The van der Waals surface area contributed by atoms with Gasteiger partial charge in [-0.3, -0.25) is 14.3 Å². The smallest absolute Gasteiger partial charge is 0.293 e. The highest BCUT2D eigenvalue weighted by Crippen LogP contribution is 2.33. The molecule has 9 heteroatoms. The first kappa shape index (κ1) is 21.8. The van der Waals surface area contributed by atoms with Gasteiger partial charge in [0.1, 0.15) is 0 Å². The van der Waals surface area contributed by atoms with E-state index >= 15 is 0 Å². The lowest BCUT2D eigenvalue weighted by Gasteiger charge is -2.13. The number of carbonyl (C=O) groups is 1. The quantitative estimate of drug-likeness (QED) is 0.279. The summed E-state index contributed by atoms with van der Waals surface area (Å²) < 4.78 is 41.4. The number of hydrogen-bond acceptors (Lipinski definition) is 5. The number of alkyl halides is 3. The van der Waals surface area contributed by atoms with Crippen LogP contribution in [0.3, 0.4) is 0 Å². The third kappa shape index (κ3) is 4.72. The van der Waals surface area contributed by atoms with Gasteiger partial charge in [0.15, 0.2) is 16.8 Å². The van der Waals surface area contributed by atoms with Crippen LogP contribution in [-0.4, -0.2) is 31.3 Å². The molecule has 0 spiro atoms. The summed E-state index contributed by atoms with van der Waals surface area (Å²) in [7, 11) is 0. The Bertz CT molecular complexity index is 1240. The molecule has 0 bridgehead atoms. The highest BCUT2D eigenvalue weighted by molar-refractivity contribution is 7.99. The van der Waals surface area contributed by atoms with Crippen molar-refractivity contribution in [3.63, 3.8) is 0 Å². The molecule has 2 heterocycles. The van der Waals surface area contributed by atoms with E-state index in [-0.39, 0.29) is 17.2 Å². The van der Waals surface area contributed by atoms with Crippen LogP contribution in [0.1, 0.15) is 21.5 Å². The van der Waals surface area contributed by atoms with Crippen molar-refractivity contribution < 1.29 is 18.0 Å². The largest absolute Gasteiger partial charge is 0.416 e. The third-order valence-corrected chi connectivity index (χ3v) is 5.62. The molecule has 0 aliphatic heterocycles. The van der Waals surface area contributed by atoms with Crippen molar-refractivity contribution >= 4 is 17.5 Å². The van der Waals surface area contributed by atoms with Gasteiger partial charge in [0.2, 0.25) is 0 Å². The monoisotopic (exact) mass is 454 g/mol. The van der Waals surface area contributed by atoms with Crippen LogP contribution in [0.4, 0.5) is 13.2 Å². The molecule has 2 aromatic heterocycles. The van der Waals surface area contributed by atoms with Crippen LogP contribution in [0.15, 0.2) is 78.2 Å². The van der Waals surface area contributed by atoms with Gasteiger partial charge in [-0.05, 0) is 37.3 Å². The maximum absolute atomic E-state index is 13.3. The average molecular weight is 454 g/mol. The molecular formula is C23H17F3N4OS. The first-order chi connectivity index (χ1) is 15.3. The Labute approximate surface area is 186 Å². The second kappa shape index (κ2) is 8.96. The Hall–Kier alpha value is -3.46. The van der Waals surface area contributed by atoms with Crippen LogP contribution in [0.25, 0.3) is 17.1 Å². The van der Waals surface area contributed by atoms with Crippen molar-refractivity contribution in [2.24, 2.45) is 0 Å². The predicted octanol–water partition coefficient (Wildman–Crippen LogP) is 5.63. The van der Waals surface area contributed by atoms with Gasteiger partial charge in [-0.25, -0.2) is 0 Å². The van der Waals surface area contributed by atoms with E-state index < -0.39 is 11.7 Å². The third-order valence-electron chi connectivity index (χ3n) is 4.69. The number of carbonyl (C=O) groups excluding carboxylic acids is 1. The maximum atomic E-state index is 13.3. The van der Waals surface area contributed by atoms with E-state index in [0.717, 1.165) is 29.5 Å². The lowest BCUT2D eigenvalue weighted by Crippen LogP contribution is -2.08. The summed E-state index contributed by atoms with van der Waals surface area (Å²) in [5.41, 5.74) is 1.65. The Morgan fingerprint density at radius 3 is 2.50 bits per heavy atom. The van der Waals surface area contributed by atoms with Gasteiger partial charge in [0.05, 0.1) is 17.0 Å². The molecule has 0 atom stereocenters. The first-order valence-corrected chi connectivity index (χ1v) is 10.6. The standard InChI is InChI=1S/C23H17F3N4OS/c1-15-7-9-16(10-8-15)20(31)14-32-22-29-28-21(17-4-3-11-27-13-17)30(22)19-6-2-5-18(12-19)23(24,25)26/h2-13H,14H2,1H3. The fourth-order valence-electron chi connectivity index (χ4n) is 3.05. The van der Waals surface area contributed by atoms with Gasteiger partial charge < -0.3 is 0 Å². The molecule has 0 amide bonds. The SMILES string of the molecule is Cc1ccc(C(=O)CSc2nnc(-c3cccnc3)n2-c2cccc(C(F)(F)F)c2)cc1. The number of thioether (sulfide) groups is 1. The molecule has 0 fully saturated rings. The van der Waals surface area contributed by atoms with Gasteiger partial charge >= 0.3 is 6.18 Å². The van der Waals surface area contributed by atoms with E-state index in [2.05, 4.69) is 15.2 Å². The van der Waals surface area contributed by atoms with E-state index in [0.29, 0.717) is 22.1 Å². The Balaban J connectivity index is 1.71. The molecule has 0 unspecified atom stereocenters. The van der Waals surface area contributed by atoms with Crippen molar-refractivity contribution in [2.75, 3.05) is 5.75 Å². The number of ketones is 1. The lowest BCUT2D eigenvalue weighted by atomic mass is 10.1. The summed E-state index contributed by atoms with van der Waals surface area (Å²) >= 11 is 1.12. The van der Waals surface area contributed by atoms with Gasteiger partial charge in [-0.15, -0.1) is 10.2 Å². The van der Waals surface area contributed by atoms with E-state index in [9.17, 15) is 18.0 Å². The van der Waals surface area contributed by atoms with E-state index in [1.165, 1.54) is 10.6 Å².